The highest BCUT2D eigenvalue weighted by atomic mass is 16.3. The molecule has 0 heterocycles. The van der Waals surface area contributed by atoms with Crippen LogP contribution in [0.3, 0.4) is 0 Å². The number of primary amides is 1. The quantitative estimate of drug-likeness (QED) is 0.558. The lowest BCUT2D eigenvalue weighted by Gasteiger charge is -2.35. The summed E-state index contributed by atoms with van der Waals surface area (Å²) in [5, 5.41) is 9.58. The molecule has 0 saturated heterocycles. The van der Waals surface area contributed by atoms with Gasteiger partial charge in [0.25, 0.3) is 0 Å². The molecule has 0 aliphatic heterocycles. The first-order valence-electron chi connectivity index (χ1n) is 8.98. The molecule has 0 radical (unpaired) electrons. The van der Waals surface area contributed by atoms with Crippen LogP contribution in [0.15, 0.2) is 0 Å². The van der Waals surface area contributed by atoms with Gasteiger partial charge in [-0.1, -0.05) is 51.9 Å². The van der Waals surface area contributed by atoms with E-state index in [9.17, 15) is 9.90 Å². The van der Waals surface area contributed by atoms with Crippen molar-refractivity contribution in [1.29, 1.82) is 0 Å². The van der Waals surface area contributed by atoms with Crippen molar-refractivity contribution < 1.29 is 9.90 Å². The number of carbonyl (C=O) groups excluding carboxylic acids is 1. The Morgan fingerprint density at radius 3 is 2.00 bits per heavy atom. The van der Waals surface area contributed by atoms with Gasteiger partial charge in [0.1, 0.15) is 0 Å². The van der Waals surface area contributed by atoms with E-state index in [1.54, 1.807) is 0 Å². The van der Waals surface area contributed by atoms with Crippen LogP contribution in [0.25, 0.3) is 0 Å². The lowest BCUT2D eigenvalue weighted by Crippen LogP contribution is -2.26. The third-order valence-corrected chi connectivity index (χ3v) is 5.12. The van der Waals surface area contributed by atoms with E-state index < -0.39 is 0 Å². The molecule has 3 nitrogen and oxygen atoms in total. The van der Waals surface area contributed by atoms with Crippen molar-refractivity contribution in [3.8, 4) is 0 Å². The molecule has 0 aromatic carbocycles. The molecule has 1 rings (SSSR count). The number of carbonyl (C=O) groups is 1. The Balaban J connectivity index is 1.87. The van der Waals surface area contributed by atoms with Crippen LogP contribution in [0.1, 0.15) is 96.8 Å². The number of amides is 1. The molecular formula is C18H35NO2. The average molecular weight is 297 g/mol. The minimum absolute atomic E-state index is 0.0346. The molecular weight excluding hydrogens is 262 g/mol. The summed E-state index contributed by atoms with van der Waals surface area (Å²) in [6, 6.07) is 0. The smallest absolute Gasteiger partial charge is 0.217 e. The predicted molar refractivity (Wildman–Crippen MR) is 87.9 cm³/mol. The van der Waals surface area contributed by atoms with Crippen LogP contribution in [0, 0.1) is 5.41 Å². The molecule has 1 amide bonds. The molecule has 1 aliphatic carbocycles. The number of unbranched alkanes of at least 4 members (excludes halogenated alkanes) is 7. The molecule has 0 spiro atoms. The van der Waals surface area contributed by atoms with Gasteiger partial charge in [-0.15, -0.1) is 0 Å². The Morgan fingerprint density at radius 2 is 1.48 bits per heavy atom. The van der Waals surface area contributed by atoms with Crippen LogP contribution in [0.2, 0.25) is 0 Å². The van der Waals surface area contributed by atoms with Gasteiger partial charge in [0.15, 0.2) is 0 Å². The summed E-state index contributed by atoms with van der Waals surface area (Å²) in [4.78, 5) is 10.6. The van der Waals surface area contributed by atoms with Gasteiger partial charge >= 0.3 is 0 Å². The molecule has 3 heteroatoms. The highest BCUT2D eigenvalue weighted by Crippen LogP contribution is 2.40. The van der Waals surface area contributed by atoms with Crippen LogP contribution in [0.4, 0.5) is 0 Å². The number of aliphatic hydroxyl groups excluding tert-OH is 1. The maximum atomic E-state index is 10.6. The molecule has 0 atom stereocenters. The van der Waals surface area contributed by atoms with Crippen molar-refractivity contribution in [3.05, 3.63) is 0 Å². The van der Waals surface area contributed by atoms with E-state index in [4.69, 9.17) is 5.73 Å². The van der Waals surface area contributed by atoms with Crippen molar-refractivity contribution in [3.63, 3.8) is 0 Å². The molecule has 0 aromatic rings. The Hall–Kier alpha value is -0.570. The zero-order chi connectivity index (χ0) is 15.6. The Kier molecular flexibility index (Phi) is 8.98. The fraction of sp³-hybridized carbons (Fsp3) is 0.944. The fourth-order valence-electron chi connectivity index (χ4n) is 3.46. The molecule has 0 unspecified atom stereocenters. The van der Waals surface area contributed by atoms with Crippen LogP contribution in [-0.2, 0) is 4.79 Å². The van der Waals surface area contributed by atoms with Crippen LogP contribution >= 0.6 is 0 Å². The lowest BCUT2D eigenvalue weighted by molar-refractivity contribution is -0.118. The van der Waals surface area contributed by atoms with Gasteiger partial charge in [0, 0.05) is 6.42 Å². The maximum Gasteiger partial charge on any atom is 0.217 e. The number of rotatable bonds is 11. The number of hydrogen-bond acceptors (Lipinski definition) is 2. The molecule has 1 saturated carbocycles. The fourth-order valence-corrected chi connectivity index (χ4v) is 3.46. The molecule has 1 aliphatic rings. The summed E-state index contributed by atoms with van der Waals surface area (Å²) < 4.78 is 0. The van der Waals surface area contributed by atoms with Crippen LogP contribution in [0.5, 0.6) is 0 Å². The molecule has 0 aromatic heterocycles. The predicted octanol–water partition coefficient (Wildman–Crippen LogP) is 4.31. The van der Waals surface area contributed by atoms with Gasteiger partial charge in [0.05, 0.1) is 6.10 Å². The summed E-state index contributed by atoms with van der Waals surface area (Å²) in [6.07, 6.45) is 16.2. The van der Waals surface area contributed by atoms with Gasteiger partial charge in [0.2, 0.25) is 5.91 Å². The van der Waals surface area contributed by atoms with Gasteiger partial charge < -0.3 is 10.8 Å². The first-order chi connectivity index (χ1) is 10.0. The highest BCUT2D eigenvalue weighted by Gasteiger charge is 2.29. The van der Waals surface area contributed by atoms with E-state index >= 15 is 0 Å². The Bertz CT molecular complexity index is 283. The van der Waals surface area contributed by atoms with Crippen LogP contribution < -0.4 is 5.73 Å². The van der Waals surface area contributed by atoms with E-state index in [2.05, 4.69) is 6.92 Å². The number of hydrogen-bond donors (Lipinski definition) is 2. The zero-order valence-corrected chi connectivity index (χ0v) is 13.9. The third kappa shape index (κ3) is 9.13. The van der Waals surface area contributed by atoms with E-state index in [1.807, 2.05) is 0 Å². The van der Waals surface area contributed by atoms with E-state index in [-0.39, 0.29) is 12.0 Å². The minimum atomic E-state index is -0.168. The van der Waals surface area contributed by atoms with Crippen molar-refractivity contribution in [2.24, 2.45) is 11.1 Å². The molecule has 21 heavy (non-hydrogen) atoms. The topological polar surface area (TPSA) is 63.3 Å². The summed E-state index contributed by atoms with van der Waals surface area (Å²) in [5.74, 6) is -0.168. The molecule has 0 bridgehead atoms. The second-order valence-corrected chi connectivity index (χ2v) is 7.34. The first-order valence-corrected chi connectivity index (χ1v) is 8.98. The standard InChI is InChI=1S/C18H35NO2/c1-18(14-11-16(20)12-15-18)13-9-7-5-3-2-4-6-8-10-17(19)21/h16,20H,2-15H2,1H3,(H2,19,21). The van der Waals surface area contributed by atoms with E-state index in [0.717, 1.165) is 25.7 Å². The Labute approximate surface area is 130 Å². The molecule has 124 valence electrons. The van der Waals surface area contributed by atoms with Crippen LogP contribution in [-0.4, -0.2) is 17.1 Å². The maximum absolute atomic E-state index is 10.6. The largest absolute Gasteiger partial charge is 0.393 e. The monoisotopic (exact) mass is 297 g/mol. The highest BCUT2D eigenvalue weighted by molar-refractivity contribution is 5.73. The molecule has 3 N–H and O–H groups in total. The summed E-state index contributed by atoms with van der Waals surface area (Å²) in [7, 11) is 0. The molecule has 1 fully saturated rings. The van der Waals surface area contributed by atoms with E-state index in [0.29, 0.717) is 11.8 Å². The van der Waals surface area contributed by atoms with Gasteiger partial charge in [-0.3, -0.25) is 4.79 Å². The van der Waals surface area contributed by atoms with Crippen molar-refractivity contribution in [1.82, 2.24) is 0 Å². The minimum Gasteiger partial charge on any atom is -0.393 e. The number of aliphatic hydroxyl groups is 1. The third-order valence-electron chi connectivity index (χ3n) is 5.12. The second-order valence-electron chi connectivity index (χ2n) is 7.34. The summed E-state index contributed by atoms with van der Waals surface area (Å²) in [5.41, 5.74) is 5.61. The lowest BCUT2D eigenvalue weighted by atomic mass is 9.71. The van der Waals surface area contributed by atoms with E-state index in [1.165, 1.54) is 57.8 Å². The first kappa shape index (κ1) is 18.5. The van der Waals surface area contributed by atoms with Gasteiger partial charge in [-0.25, -0.2) is 0 Å². The van der Waals surface area contributed by atoms with Gasteiger partial charge in [-0.05, 0) is 43.9 Å². The second kappa shape index (κ2) is 10.2. The normalized spacial score (nSPS) is 25.9. The number of nitrogens with two attached hydrogens (primary N) is 1. The Morgan fingerprint density at radius 1 is 1.00 bits per heavy atom. The zero-order valence-electron chi connectivity index (χ0n) is 13.9. The van der Waals surface area contributed by atoms with Crippen molar-refractivity contribution in [2.45, 2.75) is 103 Å². The van der Waals surface area contributed by atoms with Crippen molar-refractivity contribution >= 4 is 5.91 Å². The van der Waals surface area contributed by atoms with Crippen molar-refractivity contribution in [2.75, 3.05) is 0 Å². The SMILES string of the molecule is CC1(CCCCCCCCCCC(N)=O)CCC(O)CC1. The average Bonchev–Trinajstić information content (AvgIpc) is 2.44. The summed E-state index contributed by atoms with van der Waals surface area (Å²) >= 11 is 0. The summed E-state index contributed by atoms with van der Waals surface area (Å²) in [6.45, 7) is 2.40. The van der Waals surface area contributed by atoms with Gasteiger partial charge in [-0.2, -0.15) is 0 Å².